The Hall–Kier alpha value is -3.06. The molecule has 4 rings (SSSR count). The zero-order chi connectivity index (χ0) is 22.7. The Morgan fingerprint density at radius 3 is 2.25 bits per heavy atom. The van der Waals surface area contributed by atoms with Crippen LogP contribution < -0.4 is 10.1 Å². The first-order valence-electron chi connectivity index (χ1n) is 10.3. The maximum absolute atomic E-state index is 12.3. The van der Waals surface area contributed by atoms with Crippen molar-refractivity contribution in [1.29, 1.82) is 0 Å². The van der Waals surface area contributed by atoms with Crippen molar-refractivity contribution >= 4 is 17.7 Å². The van der Waals surface area contributed by atoms with Gasteiger partial charge in [0.25, 0.3) is 0 Å². The molecule has 2 atom stereocenters. The molecule has 6 nitrogen and oxygen atoms in total. The van der Waals surface area contributed by atoms with Crippen LogP contribution in [0.5, 0.6) is 5.75 Å². The maximum atomic E-state index is 12.3. The molecule has 166 valence electrons. The highest BCUT2D eigenvalue weighted by molar-refractivity contribution is 6.32. The van der Waals surface area contributed by atoms with E-state index < -0.39 is 18.3 Å². The first-order valence-corrected chi connectivity index (χ1v) is 10.7. The summed E-state index contributed by atoms with van der Waals surface area (Å²) in [5, 5.41) is 23.5. The minimum atomic E-state index is -1.30. The lowest BCUT2D eigenvalue weighted by atomic mass is 9.98. The standard InChI is InChI=1S/C25H24ClNO5/c1-31-22-12-6-11-19(23(22)26)24(29)21(28)13-27-25(30)32-14-20-17-9-4-2-7-15(17)16-8-3-5-10-18(16)20/h2-12,20-21,24,28-29H,13-14H2,1H3,(H,27,30). The molecule has 0 radical (unpaired) electrons. The smallest absolute Gasteiger partial charge is 0.407 e. The first kappa shape index (κ1) is 22.1. The van der Waals surface area contributed by atoms with Gasteiger partial charge in [0.1, 0.15) is 24.6 Å². The number of hydrogen-bond donors (Lipinski definition) is 3. The molecule has 0 fully saturated rings. The zero-order valence-corrected chi connectivity index (χ0v) is 18.3. The molecule has 0 bridgehead atoms. The van der Waals surface area contributed by atoms with Gasteiger partial charge in [-0.3, -0.25) is 0 Å². The summed E-state index contributed by atoms with van der Waals surface area (Å²) in [5.41, 5.74) is 4.83. The highest BCUT2D eigenvalue weighted by atomic mass is 35.5. The lowest BCUT2D eigenvalue weighted by Gasteiger charge is -2.21. The van der Waals surface area contributed by atoms with E-state index in [1.165, 1.54) is 7.11 Å². The van der Waals surface area contributed by atoms with Crippen molar-refractivity contribution in [3.8, 4) is 16.9 Å². The van der Waals surface area contributed by atoms with Gasteiger partial charge in [0, 0.05) is 18.0 Å². The van der Waals surface area contributed by atoms with Crippen molar-refractivity contribution < 1.29 is 24.5 Å². The van der Waals surface area contributed by atoms with Gasteiger partial charge in [-0.1, -0.05) is 72.3 Å². The second-order valence-corrected chi connectivity index (χ2v) is 7.96. The number of hydrogen-bond acceptors (Lipinski definition) is 5. The fourth-order valence-electron chi connectivity index (χ4n) is 4.07. The summed E-state index contributed by atoms with van der Waals surface area (Å²) in [4.78, 5) is 12.3. The van der Waals surface area contributed by atoms with Gasteiger partial charge in [0.05, 0.1) is 12.1 Å². The molecule has 1 amide bonds. The first-order chi connectivity index (χ1) is 15.5. The van der Waals surface area contributed by atoms with Crippen LogP contribution in [-0.4, -0.2) is 42.7 Å². The largest absolute Gasteiger partial charge is 0.495 e. The number of carbonyl (C=O) groups is 1. The molecule has 0 aromatic heterocycles. The molecule has 3 N–H and O–H groups in total. The number of methoxy groups -OCH3 is 1. The predicted molar refractivity (Wildman–Crippen MR) is 122 cm³/mol. The van der Waals surface area contributed by atoms with E-state index in [-0.39, 0.29) is 24.1 Å². The molecule has 3 aromatic carbocycles. The van der Waals surface area contributed by atoms with E-state index in [1.807, 2.05) is 36.4 Å². The number of benzene rings is 3. The van der Waals surface area contributed by atoms with Gasteiger partial charge in [-0.05, 0) is 28.3 Å². The monoisotopic (exact) mass is 453 g/mol. The molecule has 1 aliphatic rings. The maximum Gasteiger partial charge on any atom is 0.407 e. The number of ether oxygens (including phenoxy) is 2. The third-order valence-corrected chi connectivity index (χ3v) is 6.10. The van der Waals surface area contributed by atoms with Gasteiger partial charge in [-0.15, -0.1) is 0 Å². The Balaban J connectivity index is 1.35. The summed E-state index contributed by atoms with van der Waals surface area (Å²) in [5.74, 6) is 0.333. The Kier molecular flexibility index (Phi) is 6.65. The normalized spacial score (nSPS) is 14.2. The number of fused-ring (bicyclic) bond motifs is 3. The van der Waals surface area contributed by atoms with E-state index in [1.54, 1.807) is 18.2 Å². The second kappa shape index (κ2) is 9.61. The Bertz CT molecular complexity index is 1070. The zero-order valence-electron chi connectivity index (χ0n) is 17.5. The fraction of sp³-hybridized carbons (Fsp3) is 0.240. The van der Waals surface area contributed by atoms with E-state index in [9.17, 15) is 15.0 Å². The molecule has 32 heavy (non-hydrogen) atoms. The van der Waals surface area contributed by atoms with Gasteiger partial charge >= 0.3 is 6.09 Å². The average molecular weight is 454 g/mol. The minimum absolute atomic E-state index is 0.0562. The number of rotatable bonds is 7. The van der Waals surface area contributed by atoms with Gasteiger partial charge < -0.3 is 25.0 Å². The van der Waals surface area contributed by atoms with Gasteiger partial charge in [-0.25, -0.2) is 4.79 Å². The Labute approximate surface area is 191 Å². The number of halogens is 1. The van der Waals surface area contributed by atoms with Crippen LogP contribution in [0.1, 0.15) is 28.7 Å². The van der Waals surface area contributed by atoms with Crippen LogP contribution in [0.25, 0.3) is 11.1 Å². The number of carbonyl (C=O) groups excluding carboxylic acids is 1. The fourth-order valence-corrected chi connectivity index (χ4v) is 4.39. The third kappa shape index (κ3) is 4.30. The molecule has 7 heteroatoms. The molecule has 0 aliphatic heterocycles. The summed E-state index contributed by atoms with van der Waals surface area (Å²) in [7, 11) is 1.46. The van der Waals surface area contributed by atoms with Crippen molar-refractivity contribution in [2.24, 2.45) is 0 Å². The molecule has 0 heterocycles. The molecular formula is C25H24ClNO5. The SMILES string of the molecule is COc1cccc(C(O)C(O)CNC(=O)OCC2c3ccccc3-c3ccccc32)c1Cl. The summed E-state index contributed by atoms with van der Waals surface area (Å²) in [6.07, 6.45) is -3.25. The molecule has 1 aliphatic carbocycles. The molecule has 0 saturated heterocycles. The second-order valence-electron chi connectivity index (χ2n) is 7.58. The number of aliphatic hydroxyl groups excluding tert-OH is 2. The molecule has 0 spiro atoms. The van der Waals surface area contributed by atoms with E-state index in [0.717, 1.165) is 22.3 Å². The van der Waals surface area contributed by atoms with Crippen LogP contribution in [-0.2, 0) is 4.74 Å². The van der Waals surface area contributed by atoms with Crippen LogP contribution >= 0.6 is 11.6 Å². The van der Waals surface area contributed by atoms with Crippen molar-refractivity contribution in [3.05, 3.63) is 88.4 Å². The third-order valence-electron chi connectivity index (χ3n) is 5.70. The molecular weight excluding hydrogens is 430 g/mol. The van der Waals surface area contributed by atoms with Crippen LogP contribution in [0, 0.1) is 0 Å². The van der Waals surface area contributed by atoms with Crippen molar-refractivity contribution in [2.75, 3.05) is 20.3 Å². The molecule has 0 saturated carbocycles. The summed E-state index contributed by atoms with van der Waals surface area (Å²) >= 11 is 6.21. The van der Waals surface area contributed by atoms with Crippen LogP contribution in [0.15, 0.2) is 66.7 Å². The average Bonchev–Trinajstić information content (AvgIpc) is 3.14. The highest BCUT2D eigenvalue weighted by Gasteiger charge is 2.29. The number of nitrogens with one attached hydrogen (secondary N) is 1. The van der Waals surface area contributed by atoms with Gasteiger partial charge in [0.15, 0.2) is 0 Å². The number of aliphatic hydroxyl groups is 2. The van der Waals surface area contributed by atoms with Crippen LogP contribution in [0.2, 0.25) is 5.02 Å². The Morgan fingerprint density at radius 2 is 1.62 bits per heavy atom. The summed E-state index contributed by atoms with van der Waals surface area (Å²) in [6.45, 7) is -0.0361. The van der Waals surface area contributed by atoms with Crippen molar-refractivity contribution in [1.82, 2.24) is 5.32 Å². The van der Waals surface area contributed by atoms with Gasteiger partial charge in [-0.2, -0.15) is 0 Å². The minimum Gasteiger partial charge on any atom is -0.495 e. The van der Waals surface area contributed by atoms with E-state index >= 15 is 0 Å². The molecule has 3 aromatic rings. The lowest BCUT2D eigenvalue weighted by molar-refractivity contribution is 0.0185. The molecule has 2 unspecified atom stereocenters. The number of amides is 1. The topological polar surface area (TPSA) is 88.0 Å². The summed E-state index contributed by atoms with van der Waals surface area (Å²) < 4.78 is 10.6. The number of alkyl carbamates (subject to hydrolysis) is 1. The van der Waals surface area contributed by atoms with Gasteiger partial charge in [0.2, 0.25) is 0 Å². The van der Waals surface area contributed by atoms with E-state index in [2.05, 4.69) is 17.4 Å². The van der Waals surface area contributed by atoms with Crippen LogP contribution in [0.3, 0.4) is 0 Å². The Morgan fingerprint density at radius 1 is 1.00 bits per heavy atom. The summed E-state index contributed by atoms with van der Waals surface area (Å²) in [6, 6.07) is 21.0. The van der Waals surface area contributed by atoms with Crippen LogP contribution in [0.4, 0.5) is 4.79 Å². The van der Waals surface area contributed by atoms with Crippen molar-refractivity contribution in [2.45, 2.75) is 18.1 Å². The highest BCUT2D eigenvalue weighted by Crippen LogP contribution is 2.44. The van der Waals surface area contributed by atoms with E-state index in [0.29, 0.717) is 11.3 Å². The van der Waals surface area contributed by atoms with E-state index in [4.69, 9.17) is 21.1 Å². The van der Waals surface area contributed by atoms with Crippen molar-refractivity contribution in [3.63, 3.8) is 0 Å². The quantitative estimate of drug-likeness (QED) is 0.497. The lowest BCUT2D eigenvalue weighted by Crippen LogP contribution is -2.36. The predicted octanol–water partition coefficient (Wildman–Crippen LogP) is 4.28.